The third kappa shape index (κ3) is 3.06. The van der Waals surface area contributed by atoms with Gasteiger partial charge >= 0.3 is 5.97 Å². The molecule has 5 heteroatoms. The van der Waals surface area contributed by atoms with Crippen molar-refractivity contribution in [3.8, 4) is 0 Å². The van der Waals surface area contributed by atoms with Crippen LogP contribution in [-0.4, -0.2) is 35.8 Å². The van der Waals surface area contributed by atoms with Gasteiger partial charge in [-0.1, -0.05) is 29.8 Å². The molecular formula is C19H17NO4. The fourth-order valence-electron chi connectivity index (χ4n) is 2.69. The van der Waals surface area contributed by atoms with Crippen molar-refractivity contribution in [1.82, 2.24) is 4.90 Å². The van der Waals surface area contributed by atoms with Crippen molar-refractivity contribution in [3.63, 3.8) is 0 Å². The Hall–Kier alpha value is -2.95. The molecule has 2 aromatic rings. The summed E-state index contributed by atoms with van der Waals surface area (Å²) >= 11 is 0. The van der Waals surface area contributed by atoms with Crippen molar-refractivity contribution < 1.29 is 19.1 Å². The number of nitrogens with zero attached hydrogens (tertiary/aromatic N) is 1. The zero-order valence-corrected chi connectivity index (χ0v) is 13.3. The minimum Gasteiger partial charge on any atom is -0.462 e. The van der Waals surface area contributed by atoms with Crippen molar-refractivity contribution in [2.75, 3.05) is 13.2 Å². The average Bonchev–Trinajstić information content (AvgIpc) is 2.83. The normalized spacial score (nSPS) is 13.1. The summed E-state index contributed by atoms with van der Waals surface area (Å²) in [5.41, 5.74) is 2.34. The van der Waals surface area contributed by atoms with Gasteiger partial charge in [-0.3, -0.25) is 14.5 Å². The van der Waals surface area contributed by atoms with Crippen LogP contribution in [0.15, 0.2) is 48.5 Å². The maximum absolute atomic E-state index is 12.2. The van der Waals surface area contributed by atoms with Crippen LogP contribution in [0.2, 0.25) is 0 Å². The lowest BCUT2D eigenvalue weighted by Crippen LogP contribution is -2.31. The summed E-state index contributed by atoms with van der Waals surface area (Å²) in [5.74, 6) is -0.984. The zero-order chi connectivity index (χ0) is 17.1. The number of carbonyl (C=O) groups excluding carboxylic acids is 3. The van der Waals surface area contributed by atoms with Gasteiger partial charge in [-0.25, -0.2) is 4.79 Å². The Morgan fingerprint density at radius 1 is 1.00 bits per heavy atom. The van der Waals surface area contributed by atoms with Crippen molar-refractivity contribution in [1.29, 1.82) is 0 Å². The second kappa shape index (κ2) is 6.66. The summed E-state index contributed by atoms with van der Waals surface area (Å²) in [6.07, 6.45) is 0.406. The number of carbonyl (C=O) groups is 3. The molecule has 0 saturated carbocycles. The van der Waals surface area contributed by atoms with E-state index < -0.39 is 5.97 Å². The number of ether oxygens (including phenoxy) is 1. The first-order chi connectivity index (χ1) is 11.6. The zero-order valence-electron chi connectivity index (χ0n) is 13.3. The first-order valence-electron chi connectivity index (χ1n) is 7.77. The Morgan fingerprint density at radius 3 is 2.29 bits per heavy atom. The van der Waals surface area contributed by atoms with E-state index in [0.717, 1.165) is 5.56 Å². The summed E-state index contributed by atoms with van der Waals surface area (Å²) in [4.78, 5) is 37.5. The van der Waals surface area contributed by atoms with Crippen LogP contribution in [0.5, 0.6) is 0 Å². The molecule has 1 aliphatic rings. The van der Waals surface area contributed by atoms with Gasteiger partial charge in [0.05, 0.1) is 23.3 Å². The van der Waals surface area contributed by atoms with Gasteiger partial charge in [-0.15, -0.1) is 0 Å². The van der Waals surface area contributed by atoms with E-state index in [0.29, 0.717) is 23.1 Å². The van der Waals surface area contributed by atoms with Crippen molar-refractivity contribution in [2.24, 2.45) is 0 Å². The maximum Gasteiger partial charge on any atom is 0.338 e. The van der Waals surface area contributed by atoms with Crippen LogP contribution in [-0.2, 0) is 4.74 Å². The highest BCUT2D eigenvalue weighted by molar-refractivity contribution is 6.21. The van der Waals surface area contributed by atoms with E-state index in [-0.39, 0.29) is 25.0 Å². The predicted molar refractivity (Wildman–Crippen MR) is 87.9 cm³/mol. The van der Waals surface area contributed by atoms with Crippen LogP contribution in [0.1, 0.15) is 43.1 Å². The molecule has 2 aromatic carbocycles. The molecule has 2 amide bonds. The van der Waals surface area contributed by atoms with Gasteiger partial charge in [-0.2, -0.15) is 0 Å². The highest BCUT2D eigenvalue weighted by Gasteiger charge is 2.34. The molecule has 0 saturated heterocycles. The van der Waals surface area contributed by atoms with Crippen molar-refractivity contribution in [2.45, 2.75) is 13.3 Å². The standard InChI is InChI=1S/C19H17NO4/c1-13-6-4-7-14(12-13)19(23)24-11-5-10-20-17(21)15-8-2-3-9-16(15)18(20)22/h2-4,6-9,12H,5,10-11H2,1H3. The van der Waals surface area contributed by atoms with E-state index in [1.165, 1.54) is 4.90 Å². The molecular weight excluding hydrogens is 306 g/mol. The number of fused-ring (bicyclic) bond motifs is 1. The summed E-state index contributed by atoms with van der Waals surface area (Å²) in [5, 5.41) is 0. The smallest absolute Gasteiger partial charge is 0.338 e. The topological polar surface area (TPSA) is 63.7 Å². The molecule has 0 bridgehead atoms. The maximum atomic E-state index is 12.2. The SMILES string of the molecule is Cc1cccc(C(=O)OCCCN2C(=O)c3ccccc3C2=O)c1. The Labute approximate surface area is 139 Å². The first-order valence-corrected chi connectivity index (χ1v) is 7.77. The molecule has 0 spiro atoms. The average molecular weight is 323 g/mol. The lowest BCUT2D eigenvalue weighted by molar-refractivity contribution is 0.0482. The number of esters is 1. The molecule has 3 rings (SSSR count). The summed E-state index contributed by atoms with van der Waals surface area (Å²) < 4.78 is 5.20. The van der Waals surface area contributed by atoms with Crippen LogP contribution in [0.4, 0.5) is 0 Å². The Kier molecular flexibility index (Phi) is 4.42. The molecule has 0 aliphatic carbocycles. The molecule has 0 radical (unpaired) electrons. The van der Waals surface area contributed by atoms with Crippen LogP contribution in [0.25, 0.3) is 0 Å². The Bertz CT molecular complexity index is 778. The van der Waals surface area contributed by atoms with E-state index in [1.807, 2.05) is 13.0 Å². The summed E-state index contributed by atoms with van der Waals surface area (Å²) in [7, 11) is 0. The molecule has 122 valence electrons. The van der Waals surface area contributed by atoms with Gasteiger partial charge in [0.2, 0.25) is 0 Å². The second-order valence-electron chi connectivity index (χ2n) is 5.67. The van der Waals surface area contributed by atoms with Crippen LogP contribution in [0.3, 0.4) is 0 Å². The third-order valence-corrected chi connectivity index (χ3v) is 3.89. The van der Waals surface area contributed by atoms with E-state index in [9.17, 15) is 14.4 Å². The highest BCUT2D eigenvalue weighted by Crippen LogP contribution is 2.22. The van der Waals surface area contributed by atoms with Gasteiger partial charge in [0.15, 0.2) is 0 Å². The van der Waals surface area contributed by atoms with Gasteiger partial charge in [-0.05, 0) is 37.6 Å². The van der Waals surface area contributed by atoms with E-state index in [2.05, 4.69) is 0 Å². The molecule has 1 aliphatic heterocycles. The van der Waals surface area contributed by atoms with Crippen LogP contribution >= 0.6 is 0 Å². The monoisotopic (exact) mass is 323 g/mol. The number of amides is 2. The fraction of sp³-hybridized carbons (Fsp3) is 0.211. The fourth-order valence-corrected chi connectivity index (χ4v) is 2.69. The largest absolute Gasteiger partial charge is 0.462 e. The van der Waals surface area contributed by atoms with Gasteiger partial charge in [0.1, 0.15) is 0 Å². The minimum atomic E-state index is -0.402. The number of aryl methyl sites for hydroxylation is 1. The van der Waals surface area contributed by atoms with E-state index in [1.54, 1.807) is 42.5 Å². The molecule has 0 atom stereocenters. The molecule has 5 nitrogen and oxygen atoms in total. The predicted octanol–water partition coefficient (Wildman–Crippen LogP) is 2.84. The van der Waals surface area contributed by atoms with E-state index in [4.69, 9.17) is 4.74 Å². The summed E-state index contributed by atoms with van der Waals surface area (Å²) in [6, 6.07) is 13.9. The third-order valence-electron chi connectivity index (χ3n) is 3.89. The Balaban J connectivity index is 1.52. The number of hydrogen-bond acceptors (Lipinski definition) is 4. The van der Waals surface area contributed by atoms with Gasteiger partial charge < -0.3 is 4.74 Å². The molecule has 1 heterocycles. The number of imide groups is 1. The van der Waals surface area contributed by atoms with Crippen LogP contribution < -0.4 is 0 Å². The van der Waals surface area contributed by atoms with Crippen molar-refractivity contribution in [3.05, 3.63) is 70.8 Å². The molecule has 0 N–H and O–H groups in total. The molecule has 24 heavy (non-hydrogen) atoms. The van der Waals surface area contributed by atoms with Gasteiger partial charge in [0, 0.05) is 6.54 Å². The number of hydrogen-bond donors (Lipinski definition) is 0. The van der Waals surface area contributed by atoms with E-state index >= 15 is 0 Å². The second-order valence-corrected chi connectivity index (χ2v) is 5.67. The Morgan fingerprint density at radius 2 is 1.67 bits per heavy atom. The number of benzene rings is 2. The molecule has 0 aromatic heterocycles. The quantitative estimate of drug-likeness (QED) is 0.482. The highest BCUT2D eigenvalue weighted by atomic mass is 16.5. The minimum absolute atomic E-state index is 0.153. The molecule has 0 unspecified atom stereocenters. The van der Waals surface area contributed by atoms with Crippen molar-refractivity contribution >= 4 is 17.8 Å². The number of rotatable bonds is 5. The lowest BCUT2D eigenvalue weighted by Gasteiger charge is -2.13. The first kappa shape index (κ1) is 15.9. The van der Waals surface area contributed by atoms with Gasteiger partial charge in [0.25, 0.3) is 11.8 Å². The van der Waals surface area contributed by atoms with Crippen LogP contribution in [0, 0.1) is 6.92 Å². The molecule has 0 fully saturated rings. The lowest BCUT2D eigenvalue weighted by atomic mass is 10.1. The summed E-state index contributed by atoms with van der Waals surface area (Å²) in [6.45, 7) is 2.28.